The Morgan fingerprint density at radius 2 is 1.70 bits per heavy atom. The molecule has 1 aromatic heterocycles. The molecule has 0 saturated heterocycles. The Labute approximate surface area is 315 Å². The van der Waals surface area contributed by atoms with Gasteiger partial charge in [0.1, 0.15) is 17.8 Å². The Hall–Kier alpha value is -4.30. The third-order valence-electron chi connectivity index (χ3n) is 11.8. The lowest BCUT2D eigenvalue weighted by atomic mass is 9.57. The number of carbonyl (C=O) groups excluding carboxylic acids is 3. The highest BCUT2D eigenvalue weighted by Crippen LogP contribution is 2.45. The van der Waals surface area contributed by atoms with Crippen LogP contribution in [0.1, 0.15) is 79.2 Å². The van der Waals surface area contributed by atoms with E-state index in [-0.39, 0.29) is 18.4 Å². The normalized spacial score (nSPS) is 21.5. The molecule has 288 valence electrons. The first kappa shape index (κ1) is 39.4. The maximum absolute atomic E-state index is 15.0. The molecule has 2 aliphatic carbocycles. The van der Waals surface area contributed by atoms with Crippen molar-refractivity contribution in [3.05, 3.63) is 95.6 Å². The van der Waals surface area contributed by atoms with E-state index in [1.807, 2.05) is 36.4 Å². The van der Waals surface area contributed by atoms with Crippen molar-refractivity contribution >= 4 is 28.1 Å². The minimum atomic E-state index is -2.07. The standard InChI is InChI=1S/C42H53N5O7/c1-23(2)35(37(50)25-15-16-30-26(17-25)18-32(48)36(30)44)38(51)39(52)40(45)42(27-11-4-3-5-12-27,41(53)31(43)19-28-20-46-22-47-28)34(49)21-54-33-14-8-10-24-9-6-7-13-29(24)33/h6-10,13-17,20,22-23,27,31-32,35-36,38-40,48,51-52H,3-5,11-12,18-19,21,43-45H2,1-2H3,(H,46,47)/t31-,32+,35?,36-,38?,39?,40?,42?/m0/s1. The fourth-order valence-corrected chi connectivity index (χ4v) is 8.92. The first-order valence-corrected chi connectivity index (χ1v) is 19.0. The van der Waals surface area contributed by atoms with E-state index < -0.39 is 83.6 Å². The third kappa shape index (κ3) is 7.51. The van der Waals surface area contributed by atoms with Gasteiger partial charge in [-0.15, -0.1) is 0 Å². The summed E-state index contributed by atoms with van der Waals surface area (Å²) in [5.41, 5.74) is 20.1. The molecule has 54 heavy (non-hydrogen) atoms. The van der Waals surface area contributed by atoms with Crippen LogP contribution >= 0.6 is 0 Å². The van der Waals surface area contributed by atoms with Crippen LogP contribution in [0, 0.1) is 23.2 Å². The van der Waals surface area contributed by atoms with E-state index in [0.717, 1.165) is 41.2 Å². The number of ketones is 3. The Morgan fingerprint density at radius 1 is 0.981 bits per heavy atom. The van der Waals surface area contributed by atoms with E-state index in [9.17, 15) is 20.1 Å². The first-order valence-electron chi connectivity index (χ1n) is 19.0. The van der Waals surface area contributed by atoms with E-state index in [1.54, 1.807) is 44.3 Å². The number of imidazole rings is 1. The summed E-state index contributed by atoms with van der Waals surface area (Å²) in [6.45, 7) is 2.96. The van der Waals surface area contributed by atoms with E-state index >= 15 is 9.59 Å². The number of fused-ring (bicyclic) bond motifs is 2. The van der Waals surface area contributed by atoms with E-state index in [4.69, 9.17) is 21.9 Å². The highest BCUT2D eigenvalue weighted by molar-refractivity contribution is 6.11. The second-order valence-corrected chi connectivity index (χ2v) is 15.5. The Morgan fingerprint density at radius 3 is 2.41 bits per heavy atom. The largest absolute Gasteiger partial charge is 0.485 e. The maximum atomic E-state index is 15.0. The SMILES string of the molecule is CC(C)C(C(=O)c1ccc2c(c1)C[C@@H](O)[C@H]2N)C(O)C(O)C(N)C(C(=O)COc1cccc2ccccc12)(C(=O)[C@@H](N)Cc1cnc[nH]1)C1CCCCC1. The molecule has 5 unspecified atom stereocenters. The number of aliphatic hydroxyl groups excluding tert-OH is 3. The highest BCUT2D eigenvalue weighted by atomic mass is 16.5. The molecule has 0 spiro atoms. The molecular formula is C42H53N5O7. The van der Waals surface area contributed by atoms with Crippen molar-refractivity contribution in [2.45, 2.75) is 95.2 Å². The molecule has 12 heteroatoms. The minimum absolute atomic E-state index is 0.0277. The van der Waals surface area contributed by atoms with Crippen LogP contribution in [0.5, 0.6) is 5.75 Å². The summed E-state index contributed by atoms with van der Waals surface area (Å²) in [6, 6.07) is 14.6. The lowest BCUT2D eigenvalue weighted by Crippen LogP contribution is -2.68. The molecule has 0 amide bonds. The number of Topliss-reactive ketones (excluding diaryl/α,β-unsaturated/α-hetero) is 3. The third-order valence-corrected chi connectivity index (χ3v) is 11.8. The zero-order valence-corrected chi connectivity index (χ0v) is 30.9. The molecule has 4 aromatic rings. The summed E-state index contributed by atoms with van der Waals surface area (Å²) in [4.78, 5) is 51.3. The molecule has 10 N–H and O–H groups in total. The van der Waals surface area contributed by atoms with Gasteiger partial charge in [0.15, 0.2) is 17.3 Å². The molecule has 6 rings (SSSR count). The molecule has 0 radical (unpaired) electrons. The van der Waals surface area contributed by atoms with E-state index in [1.165, 1.54) is 6.33 Å². The number of nitrogens with one attached hydrogen (secondary N) is 1. The van der Waals surface area contributed by atoms with Gasteiger partial charge < -0.3 is 42.2 Å². The van der Waals surface area contributed by atoms with Crippen LogP contribution in [0.15, 0.2) is 73.2 Å². The van der Waals surface area contributed by atoms with Crippen LogP contribution in [0.2, 0.25) is 0 Å². The number of hydrogen-bond acceptors (Lipinski definition) is 11. The van der Waals surface area contributed by atoms with Gasteiger partial charge in [0, 0.05) is 35.7 Å². The van der Waals surface area contributed by atoms with Gasteiger partial charge in [-0.2, -0.15) is 0 Å². The van der Waals surface area contributed by atoms with Crippen molar-refractivity contribution < 1.29 is 34.4 Å². The number of hydrogen-bond donors (Lipinski definition) is 7. The van der Waals surface area contributed by atoms with Crippen LogP contribution in [-0.4, -0.2) is 79.6 Å². The van der Waals surface area contributed by atoms with E-state index in [0.29, 0.717) is 24.3 Å². The number of aliphatic hydroxyl groups is 3. The number of carbonyl (C=O) groups is 3. The van der Waals surface area contributed by atoms with Crippen molar-refractivity contribution in [2.75, 3.05) is 6.61 Å². The molecule has 1 fully saturated rings. The lowest BCUT2D eigenvalue weighted by molar-refractivity contribution is -0.156. The second-order valence-electron chi connectivity index (χ2n) is 15.5. The fourth-order valence-electron chi connectivity index (χ4n) is 8.92. The van der Waals surface area contributed by atoms with Gasteiger partial charge in [-0.1, -0.05) is 81.6 Å². The van der Waals surface area contributed by atoms with Crippen molar-refractivity contribution in [3.63, 3.8) is 0 Å². The minimum Gasteiger partial charge on any atom is -0.485 e. The molecule has 8 atom stereocenters. The van der Waals surface area contributed by atoms with Crippen molar-refractivity contribution in [1.29, 1.82) is 0 Å². The van der Waals surface area contributed by atoms with Crippen LogP contribution in [-0.2, 0) is 22.4 Å². The average molecular weight is 740 g/mol. The van der Waals surface area contributed by atoms with Gasteiger partial charge in [0.05, 0.1) is 48.7 Å². The number of aromatic amines is 1. The first-order chi connectivity index (χ1) is 25.9. The molecule has 12 nitrogen and oxygen atoms in total. The molecule has 1 heterocycles. The summed E-state index contributed by atoms with van der Waals surface area (Å²) in [5.74, 6) is -3.57. The fraction of sp³-hybridized carbons (Fsp3) is 0.476. The highest BCUT2D eigenvalue weighted by Gasteiger charge is 2.60. The Bertz CT molecular complexity index is 1940. The quantitative estimate of drug-likeness (QED) is 0.0651. The monoisotopic (exact) mass is 739 g/mol. The van der Waals surface area contributed by atoms with Crippen LogP contribution in [0.4, 0.5) is 0 Å². The lowest BCUT2D eigenvalue weighted by Gasteiger charge is -2.47. The number of nitrogens with zero attached hydrogens (tertiary/aromatic N) is 1. The number of H-pyrrole nitrogens is 1. The summed E-state index contributed by atoms with van der Waals surface area (Å²) in [6.07, 6.45) is 2.18. The van der Waals surface area contributed by atoms with E-state index in [2.05, 4.69) is 9.97 Å². The van der Waals surface area contributed by atoms with Crippen LogP contribution < -0.4 is 21.9 Å². The molecular weight excluding hydrogens is 686 g/mol. The van der Waals surface area contributed by atoms with Gasteiger partial charge in [0.25, 0.3) is 0 Å². The molecule has 2 aliphatic rings. The van der Waals surface area contributed by atoms with Crippen LogP contribution in [0.3, 0.4) is 0 Å². The average Bonchev–Trinajstić information content (AvgIpc) is 3.79. The van der Waals surface area contributed by atoms with Gasteiger partial charge >= 0.3 is 0 Å². The zero-order valence-electron chi connectivity index (χ0n) is 30.9. The van der Waals surface area contributed by atoms with Crippen molar-refractivity contribution in [2.24, 2.45) is 40.4 Å². The second kappa shape index (κ2) is 16.6. The van der Waals surface area contributed by atoms with Gasteiger partial charge in [0.2, 0.25) is 0 Å². The number of benzene rings is 3. The Kier molecular flexibility index (Phi) is 12.1. The summed E-state index contributed by atoms with van der Waals surface area (Å²) >= 11 is 0. The smallest absolute Gasteiger partial charge is 0.185 e. The number of rotatable bonds is 16. The molecule has 0 bridgehead atoms. The van der Waals surface area contributed by atoms with Crippen molar-refractivity contribution in [3.8, 4) is 5.75 Å². The molecule has 1 saturated carbocycles. The Balaban J connectivity index is 1.38. The predicted molar refractivity (Wildman–Crippen MR) is 204 cm³/mol. The van der Waals surface area contributed by atoms with Gasteiger partial charge in [-0.05, 0) is 53.3 Å². The molecule has 0 aliphatic heterocycles. The topological polar surface area (TPSA) is 228 Å². The number of ether oxygens (including phenoxy) is 1. The summed E-state index contributed by atoms with van der Waals surface area (Å²) < 4.78 is 6.20. The molecule has 3 aromatic carbocycles. The van der Waals surface area contributed by atoms with Crippen LogP contribution in [0.25, 0.3) is 10.8 Å². The summed E-state index contributed by atoms with van der Waals surface area (Å²) in [5, 5.41) is 36.2. The number of aromatic nitrogens is 2. The summed E-state index contributed by atoms with van der Waals surface area (Å²) in [7, 11) is 0. The van der Waals surface area contributed by atoms with Gasteiger partial charge in [-0.25, -0.2) is 4.98 Å². The van der Waals surface area contributed by atoms with Gasteiger partial charge in [-0.3, -0.25) is 14.4 Å². The number of nitrogens with two attached hydrogens (primary N) is 3. The zero-order chi connectivity index (χ0) is 38.7. The maximum Gasteiger partial charge on any atom is 0.185 e. The van der Waals surface area contributed by atoms with Crippen molar-refractivity contribution in [1.82, 2.24) is 9.97 Å². The predicted octanol–water partition coefficient (Wildman–Crippen LogP) is 3.34.